The van der Waals surface area contributed by atoms with Crippen LogP contribution in [0, 0.1) is 0 Å². The first-order valence-electron chi connectivity index (χ1n) is 13.8. The monoisotopic (exact) mass is 597 g/mol. The molecule has 2 amide bonds. The number of rotatable bonds is 11. The zero-order valence-electron chi connectivity index (χ0n) is 23.3. The van der Waals surface area contributed by atoms with Gasteiger partial charge in [-0.05, 0) is 61.7 Å². The number of nitrogens with one attached hydrogen (secondary N) is 1. The van der Waals surface area contributed by atoms with Gasteiger partial charge in [-0.2, -0.15) is 0 Å². The van der Waals surface area contributed by atoms with E-state index in [1.54, 1.807) is 68.6 Å². The molecule has 3 aromatic carbocycles. The molecule has 0 bridgehead atoms. The Morgan fingerprint density at radius 1 is 0.951 bits per heavy atom. The van der Waals surface area contributed by atoms with Crippen LogP contribution >= 0.6 is 11.6 Å². The molecule has 1 aliphatic carbocycles. The average molecular weight is 598 g/mol. The number of nitrogens with zero attached hydrogens (tertiary/aromatic N) is 2. The second-order valence-corrected chi connectivity index (χ2v) is 12.4. The molecule has 218 valence electrons. The van der Waals surface area contributed by atoms with Crippen LogP contribution in [0.4, 0.5) is 5.69 Å². The smallest absolute Gasteiger partial charge is 0.264 e. The molecule has 0 saturated heterocycles. The SMILES string of the molecule is COc1ccc(CN(C(=O)CN(c2ccccc2Cl)S(=O)(=O)c2ccccc2)[C@@H](C)C(=O)NC2CCCCC2)cc1. The van der Waals surface area contributed by atoms with E-state index in [2.05, 4.69) is 5.32 Å². The minimum atomic E-state index is -4.17. The first kappa shape index (κ1) is 30.4. The van der Waals surface area contributed by atoms with Gasteiger partial charge in [0.05, 0.1) is 22.7 Å². The van der Waals surface area contributed by atoms with E-state index in [9.17, 15) is 18.0 Å². The lowest BCUT2D eigenvalue weighted by Gasteiger charge is -2.33. The number of hydrogen-bond acceptors (Lipinski definition) is 5. The summed E-state index contributed by atoms with van der Waals surface area (Å²) in [5.41, 5.74) is 0.946. The summed E-state index contributed by atoms with van der Waals surface area (Å²) in [6.45, 7) is 1.23. The fourth-order valence-corrected chi connectivity index (χ4v) is 6.71. The lowest BCUT2D eigenvalue weighted by molar-refractivity contribution is -0.139. The van der Waals surface area contributed by atoms with E-state index in [1.165, 1.54) is 17.0 Å². The standard InChI is InChI=1S/C31H36ClN3O5S/c1-23(31(37)33-25-11-5-3-6-12-25)34(21-24-17-19-26(40-2)20-18-24)30(36)22-35(29-16-10-9-15-28(29)32)41(38,39)27-13-7-4-8-14-27/h4,7-10,13-20,23,25H,3,5-6,11-12,21-22H2,1-2H3,(H,33,37)/t23-/m0/s1. The van der Waals surface area contributed by atoms with Crippen molar-refractivity contribution in [1.29, 1.82) is 0 Å². The number of amides is 2. The van der Waals surface area contributed by atoms with Crippen LogP contribution in [0.2, 0.25) is 5.02 Å². The van der Waals surface area contributed by atoms with Crippen molar-refractivity contribution >= 4 is 39.1 Å². The van der Waals surface area contributed by atoms with E-state index >= 15 is 0 Å². The molecule has 1 saturated carbocycles. The topological polar surface area (TPSA) is 96.0 Å². The fourth-order valence-electron chi connectivity index (χ4n) is 4.97. The van der Waals surface area contributed by atoms with Gasteiger partial charge in [0.1, 0.15) is 18.3 Å². The van der Waals surface area contributed by atoms with Crippen molar-refractivity contribution in [3.63, 3.8) is 0 Å². The molecule has 3 aromatic rings. The summed E-state index contributed by atoms with van der Waals surface area (Å²) in [4.78, 5) is 28.9. The first-order valence-corrected chi connectivity index (χ1v) is 15.6. The predicted molar refractivity (Wildman–Crippen MR) is 160 cm³/mol. The van der Waals surface area contributed by atoms with Crippen molar-refractivity contribution in [1.82, 2.24) is 10.2 Å². The van der Waals surface area contributed by atoms with Gasteiger partial charge in [0.2, 0.25) is 11.8 Å². The molecule has 1 fully saturated rings. The number of hydrogen-bond donors (Lipinski definition) is 1. The zero-order chi connectivity index (χ0) is 29.4. The van der Waals surface area contributed by atoms with Gasteiger partial charge in [0, 0.05) is 12.6 Å². The Morgan fingerprint density at radius 2 is 1.59 bits per heavy atom. The Labute approximate surface area is 247 Å². The Balaban J connectivity index is 1.67. The van der Waals surface area contributed by atoms with E-state index in [-0.39, 0.29) is 34.1 Å². The van der Waals surface area contributed by atoms with Gasteiger partial charge in [0.15, 0.2) is 0 Å². The number of sulfonamides is 1. The maximum absolute atomic E-state index is 14.1. The van der Waals surface area contributed by atoms with Crippen LogP contribution in [0.5, 0.6) is 5.75 Å². The molecule has 1 atom stereocenters. The number of carbonyl (C=O) groups excluding carboxylic acids is 2. The first-order chi connectivity index (χ1) is 19.7. The summed E-state index contributed by atoms with van der Waals surface area (Å²) in [6.07, 6.45) is 5.06. The summed E-state index contributed by atoms with van der Waals surface area (Å²) in [5.74, 6) is -0.144. The molecule has 41 heavy (non-hydrogen) atoms. The van der Waals surface area contributed by atoms with Gasteiger partial charge < -0.3 is 15.0 Å². The molecule has 0 spiro atoms. The Hall–Kier alpha value is -3.56. The summed E-state index contributed by atoms with van der Waals surface area (Å²) >= 11 is 6.45. The number of benzene rings is 3. The third kappa shape index (κ3) is 7.59. The highest BCUT2D eigenvalue weighted by Gasteiger charge is 2.33. The van der Waals surface area contributed by atoms with E-state index < -0.39 is 28.5 Å². The quantitative estimate of drug-likeness (QED) is 0.319. The van der Waals surface area contributed by atoms with Crippen molar-refractivity contribution in [2.24, 2.45) is 0 Å². The van der Waals surface area contributed by atoms with Gasteiger partial charge in [-0.1, -0.05) is 73.3 Å². The van der Waals surface area contributed by atoms with E-state index in [0.29, 0.717) is 5.75 Å². The van der Waals surface area contributed by atoms with Crippen molar-refractivity contribution in [3.8, 4) is 5.75 Å². The third-order valence-corrected chi connectivity index (χ3v) is 9.46. The summed E-state index contributed by atoms with van der Waals surface area (Å²) in [5, 5.41) is 3.29. The van der Waals surface area contributed by atoms with Gasteiger partial charge in [-0.3, -0.25) is 13.9 Å². The second kappa shape index (κ2) is 13.9. The van der Waals surface area contributed by atoms with Crippen LogP contribution in [-0.2, 0) is 26.2 Å². The minimum Gasteiger partial charge on any atom is -0.497 e. The van der Waals surface area contributed by atoms with Gasteiger partial charge >= 0.3 is 0 Å². The number of methoxy groups -OCH3 is 1. The van der Waals surface area contributed by atoms with E-state index in [1.807, 2.05) is 12.1 Å². The molecule has 0 aliphatic heterocycles. The van der Waals surface area contributed by atoms with Crippen LogP contribution in [0.3, 0.4) is 0 Å². The van der Waals surface area contributed by atoms with Gasteiger partial charge in [-0.25, -0.2) is 8.42 Å². The third-order valence-electron chi connectivity index (χ3n) is 7.36. The lowest BCUT2D eigenvalue weighted by atomic mass is 9.95. The minimum absolute atomic E-state index is 0.0255. The number of para-hydroxylation sites is 1. The fraction of sp³-hybridized carbons (Fsp3) is 0.355. The molecule has 0 heterocycles. The average Bonchev–Trinajstić information content (AvgIpc) is 3.00. The molecular weight excluding hydrogens is 562 g/mol. The molecule has 1 N–H and O–H groups in total. The van der Waals surface area contributed by atoms with Gasteiger partial charge in [0.25, 0.3) is 10.0 Å². The highest BCUT2D eigenvalue weighted by Crippen LogP contribution is 2.31. The number of halogens is 1. The van der Waals surface area contributed by atoms with Gasteiger partial charge in [-0.15, -0.1) is 0 Å². The molecule has 0 unspecified atom stereocenters. The largest absolute Gasteiger partial charge is 0.497 e. The van der Waals surface area contributed by atoms with E-state index in [4.69, 9.17) is 16.3 Å². The highest BCUT2D eigenvalue weighted by molar-refractivity contribution is 7.92. The Morgan fingerprint density at radius 3 is 2.22 bits per heavy atom. The highest BCUT2D eigenvalue weighted by atomic mass is 35.5. The Bertz CT molecular complexity index is 1430. The van der Waals surface area contributed by atoms with Crippen LogP contribution in [-0.4, -0.2) is 50.9 Å². The van der Waals surface area contributed by atoms with Crippen molar-refractivity contribution in [2.75, 3.05) is 18.0 Å². The Kier molecular flexibility index (Phi) is 10.3. The maximum atomic E-state index is 14.1. The van der Waals surface area contributed by atoms with E-state index in [0.717, 1.165) is 42.0 Å². The molecule has 8 nitrogen and oxygen atoms in total. The molecular formula is C31H36ClN3O5S. The molecule has 1 aliphatic rings. The zero-order valence-corrected chi connectivity index (χ0v) is 24.9. The van der Waals surface area contributed by atoms with Crippen LogP contribution in [0.15, 0.2) is 83.8 Å². The molecule has 0 radical (unpaired) electrons. The number of anilines is 1. The summed E-state index contributed by atoms with van der Waals surface area (Å²) in [6, 6.07) is 20.8. The molecule has 0 aromatic heterocycles. The maximum Gasteiger partial charge on any atom is 0.264 e. The van der Waals surface area contributed by atoms with Crippen LogP contribution in [0.25, 0.3) is 0 Å². The van der Waals surface area contributed by atoms with Crippen molar-refractivity contribution in [3.05, 3.63) is 89.4 Å². The molecule has 10 heteroatoms. The van der Waals surface area contributed by atoms with Crippen molar-refractivity contribution < 1.29 is 22.7 Å². The predicted octanol–water partition coefficient (Wildman–Crippen LogP) is 5.41. The van der Waals surface area contributed by atoms with Crippen LogP contribution < -0.4 is 14.4 Å². The normalized spacial score (nSPS) is 14.6. The number of ether oxygens (including phenoxy) is 1. The number of carbonyl (C=O) groups is 2. The summed E-state index contributed by atoms with van der Waals surface area (Å²) < 4.78 is 34.0. The molecule has 4 rings (SSSR count). The van der Waals surface area contributed by atoms with Crippen molar-refractivity contribution in [2.45, 2.75) is 62.6 Å². The summed E-state index contributed by atoms with van der Waals surface area (Å²) in [7, 11) is -2.60. The van der Waals surface area contributed by atoms with Crippen LogP contribution in [0.1, 0.15) is 44.6 Å². The second-order valence-electron chi connectivity index (χ2n) is 10.2. The lowest BCUT2D eigenvalue weighted by Crippen LogP contribution is -2.53.